The molecule has 1 saturated heterocycles. The number of thioether (sulfide) groups is 1. The number of aryl methyl sites for hydroxylation is 1. The number of aromatic nitrogens is 3. The number of rotatable bonds is 3. The molecule has 0 aliphatic carbocycles. The van der Waals surface area contributed by atoms with Crippen LogP contribution in [0, 0.1) is 5.92 Å². The number of nitrogens with zero attached hydrogens (tertiary/aromatic N) is 5. The quantitative estimate of drug-likeness (QED) is 0.665. The first kappa shape index (κ1) is 15.2. The van der Waals surface area contributed by atoms with Crippen molar-refractivity contribution >= 4 is 17.7 Å². The van der Waals surface area contributed by atoms with Crippen LogP contribution in [-0.2, 0) is 13.6 Å². The van der Waals surface area contributed by atoms with Crippen LogP contribution in [0.1, 0.15) is 19.7 Å². The maximum atomic E-state index is 4.40. The Morgan fingerprint density at radius 2 is 2.40 bits per heavy atom. The van der Waals surface area contributed by atoms with Gasteiger partial charge >= 0.3 is 0 Å². The van der Waals surface area contributed by atoms with Gasteiger partial charge in [-0.3, -0.25) is 9.67 Å². The summed E-state index contributed by atoms with van der Waals surface area (Å²) in [5, 5.41) is 8.14. The summed E-state index contributed by atoms with van der Waals surface area (Å²) >= 11 is 2.07. The van der Waals surface area contributed by atoms with E-state index in [9.17, 15) is 0 Å². The lowest BCUT2D eigenvalue weighted by molar-refractivity contribution is 0.380. The molecule has 0 saturated carbocycles. The molecule has 2 heterocycles. The van der Waals surface area contributed by atoms with E-state index in [4.69, 9.17) is 0 Å². The third-order valence-electron chi connectivity index (χ3n) is 3.56. The highest BCUT2D eigenvalue weighted by Gasteiger charge is 2.24. The number of aliphatic imine (C=N–C) groups is 1. The van der Waals surface area contributed by atoms with Gasteiger partial charge in [0.1, 0.15) is 12.2 Å². The molecule has 1 N–H and O–H groups in total. The Bertz CT molecular complexity index is 455. The molecule has 20 heavy (non-hydrogen) atoms. The van der Waals surface area contributed by atoms with Crippen molar-refractivity contribution in [3.05, 3.63) is 12.2 Å². The average molecular weight is 296 g/mol. The fourth-order valence-electron chi connectivity index (χ4n) is 2.24. The molecule has 2 rings (SSSR count). The second kappa shape index (κ2) is 6.97. The maximum Gasteiger partial charge on any atom is 0.194 e. The van der Waals surface area contributed by atoms with Crippen molar-refractivity contribution in [2.75, 3.05) is 25.9 Å². The van der Waals surface area contributed by atoms with Crippen molar-refractivity contribution in [1.82, 2.24) is 25.0 Å². The van der Waals surface area contributed by atoms with E-state index >= 15 is 0 Å². The lowest BCUT2D eigenvalue weighted by Crippen LogP contribution is -2.48. The molecule has 0 spiro atoms. The van der Waals surface area contributed by atoms with E-state index in [0.29, 0.717) is 17.7 Å². The molecular weight excluding hydrogens is 272 g/mol. The highest BCUT2D eigenvalue weighted by Crippen LogP contribution is 2.24. The smallest absolute Gasteiger partial charge is 0.194 e. The van der Waals surface area contributed by atoms with Crippen LogP contribution in [0.25, 0.3) is 0 Å². The summed E-state index contributed by atoms with van der Waals surface area (Å²) in [5.74, 6) is 3.73. The van der Waals surface area contributed by atoms with Crippen LogP contribution in [0.15, 0.2) is 11.3 Å². The lowest BCUT2D eigenvalue weighted by Gasteiger charge is -2.36. The fourth-order valence-corrected chi connectivity index (χ4v) is 3.54. The van der Waals surface area contributed by atoms with Crippen molar-refractivity contribution in [2.45, 2.75) is 25.6 Å². The van der Waals surface area contributed by atoms with Crippen molar-refractivity contribution in [2.24, 2.45) is 18.0 Å². The van der Waals surface area contributed by atoms with Gasteiger partial charge in [0.05, 0.1) is 6.54 Å². The van der Waals surface area contributed by atoms with Crippen molar-refractivity contribution in [3.63, 3.8) is 0 Å². The van der Waals surface area contributed by atoms with Gasteiger partial charge in [0.2, 0.25) is 0 Å². The second-order valence-electron chi connectivity index (χ2n) is 5.30. The topological polar surface area (TPSA) is 58.3 Å². The third kappa shape index (κ3) is 3.65. The Kier molecular flexibility index (Phi) is 5.28. The van der Waals surface area contributed by atoms with Crippen LogP contribution in [0.3, 0.4) is 0 Å². The number of hydrogen-bond donors (Lipinski definition) is 1. The molecular formula is C13H24N6S. The SMILES string of the molecule is CN=C(NCc1ncnn1C)N1CCSC(C(C)C)C1. The van der Waals surface area contributed by atoms with E-state index < -0.39 is 0 Å². The zero-order valence-electron chi connectivity index (χ0n) is 12.7. The van der Waals surface area contributed by atoms with Gasteiger partial charge in [0.25, 0.3) is 0 Å². The van der Waals surface area contributed by atoms with Gasteiger partial charge in [-0.1, -0.05) is 13.8 Å². The van der Waals surface area contributed by atoms with Gasteiger partial charge in [0, 0.05) is 38.2 Å². The normalized spacial score (nSPS) is 20.6. The van der Waals surface area contributed by atoms with Gasteiger partial charge in [-0.15, -0.1) is 0 Å². The Hall–Kier alpha value is -1.24. The van der Waals surface area contributed by atoms with Gasteiger partial charge in [0.15, 0.2) is 5.96 Å². The molecule has 1 atom stereocenters. The molecule has 0 aromatic carbocycles. The fraction of sp³-hybridized carbons (Fsp3) is 0.769. The van der Waals surface area contributed by atoms with Gasteiger partial charge in [-0.25, -0.2) is 4.98 Å². The maximum absolute atomic E-state index is 4.40. The molecule has 1 aliphatic heterocycles. The highest BCUT2D eigenvalue weighted by molar-refractivity contribution is 8.00. The molecule has 0 amide bonds. The third-order valence-corrected chi connectivity index (χ3v) is 5.10. The molecule has 1 fully saturated rings. The zero-order valence-corrected chi connectivity index (χ0v) is 13.5. The average Bonchev–Trinajstić information content (AvgIpc) is 2.85. The number of nitrogens with one attached hydrogen (secondary N) is 1. The first-order valence-electron chi connectivity index (χ1n) is 7.02. The van der Waals surface area contributed by atoms with Crippen LogP contribution in [-0.4, -0.2) is 56.8 Å². The molecule has 1 aromatic rings. The molecule has 7 heteroatoms. The summed E-state index contributed by atoms with van der Waals surface area (Å²) in [4.78, 5) is 11.0. The minimum absolute atomic E-state index is 0.652. The summed E-state index contributed by atoms with van der Waals surface area (Å²) in [7, 11) is 3.74. The minimum atomic E-state index is 0.652. The van der Waals surface area contributed by atoms with Gasteiger partial charge < -0.3 is 10.2 Å². The summed E-state index contributed by atoms with van der Waals surface area (Å²) in [6, 6.07) is 0. The van der Waals surface area contributed by atoms with E-state index in [1.807, 2.05) is 14.1 Å². The summed E-state index contributed by atoms with van der Waals surface area (Å²) < 4.78 is 1.78. The predicted octanol–water partition coefficient (Wildman–Crippen LogP) is 0.964. The standard InChI is InChI=1S/C13H24N6S/c1-10(2)11-8-19(5-6-20-11)13(14-3)15-7-12-16-9-17-18(12)4/h9-11H,5-8H2,1-4H3,(H,14,15). The van der Waals surface area contributed by atoms with Crippen molar-refractivity contribution in [1.29, 1.82) is 0 Å². The van der Waals surface area contributed by atoms with Crippen LogP contribution >= 0.6 is 11.8 Å². The summed E-state index contributed by atoms with van der Waals surface area (Å²) in [6.07, 6.45) is 1.58. The molecule has 0 radical (unpaired) electrons. The van der Waals surface area contributed by atoms with E-state index in [0.717, 1.165) is 30.6 Å². The number of guanidine groups is 1. The summed E-state index contributed by atoms with van der Waals surface area (Å²) in [6.45, 7) is 7.33. The molecule has 1 aromatic heterocycles. The van der Waals surface area contributed by atoms with E-state index in [1.165, 1.54) is 0 Å². The highest BCUT2D eigenvalue weighted by atomic mass is 32.2. The first-order valence-corrected chi connectivity index (χ1v) is 8.06. The van der Waals surface area contributed by atoms with Crippen molar-refractivity contribution < 1.29 is 0 Å². The second-order valence-corrected chi connectivity index (χ2v) is 6.65. The Balaban J connectivity index is 1.93. The first-order chi connectivity index (χ1) is 9.61. The van der Waals surface area contributed by atoms with E-state index in [-0.39, 0.29) is 0 Å². The van der Waals surface area contributed by atoms with Crippen LogP contribution in [0.2, 0.25) is 0 Å². The Labute approximate surface area is 125 Å². The molecule has 112 valence electrons. The molecule has 6 nitrogen and oxygen atoms in total. The predicted molar refractivity (Wildman–Crippen MR) is 83.9 cm³/mol. The van der Waals surface area contributed by atoms with Crippen LogP contribution in [0.5, 0.6) is 0 Å². The monoisotopic (exact) mass is 296 g/mol. The van der Waals surface area contributed by atoms with E-state index in [2.05, 4.69) is 50.9 Å². The number of hydrogen-bond acceptors (Lipinski definition) is 4. The molecule has 1 unspecified atom stereocenters. The largest absolute Gasteiger partial charge is 0.349 e. The van der Waals surface area contributed by atoms with Crippen LogP contribution < -0.4 is 5.32 Å². The van der Waals surface area contributed by atoms with E-state index in [1.54, 1.807) is 11.0 Å². The van der Waals surface area contributed by atoms with Crippen molar-refractivity contribution in [3.8, 4) is 0 Å². The van der Waals surface area contributed by atoms with Gasteiger partial charge in [-0.05, 0) is 5.92 Å². The van der Waals surface area contributed by atoms with Gasteiger partial charge in [-0.2, -0.15) is 16.9 Å². The molecule has 1 aliphatic rings. The summed E-state index contributed by atoms with van der Waals surface area (Å²) in [5.41, 5.74) is 0. The minimum Gasteiger partial charge on any atom is -0.349 e. The Morgan fingerprint density at radius 1 is 1.60 bits per heavy atom. The zero-order chi connectivity index (χ0) is 14.5. The molecule has 0 bridgehead atoms. The van der Waals surface area contributed by atoms with Crippen LogP contribution in [0.4, 0.5) is 0 Å². The lowest BCUT2D eigenvalue weighted by atomic mass is 10.1. The Morgan fingerprint density at radius 3 is 3.00 bits per heavy atom.